The molecule has 0 fully saturated rings. The molecule has 1 aromatic heterocycles. The number of rotatable bonds is 2. The van der Waals surface area contributed by atoms with Crippen molar-refractivity contribution >= 4 is 53.3 Å². The second kappa shape index (κ2) is 8.66. The average Bonchev–Trinajstić information content (AvgIpc) is 3.14. The summed E-state index contributed by atoms with van der Waals surface area (Å²) in [5.41, 5.74) is 12.3. The Balaban J connectivity index is 1.87. The number of hydrogen-bond donors (Lipinski definition) is 0. The maximum Gasteiger partial charge on any atom is 0.146 e. The molecular formula is C30H36S3+2. The van der Waals surface area contributed by atoms with Gasteiger partial charge in [0, 0.05) is 44.1 Å². The van der Waals surface area contributed by atoms with Gasteiger partial charge >= 0.3 is 0 Å². The molecule has 0 aliphatic heterocycles. The van der Waals surface area contributed by atoms with Crippen molar-refractivity contribution < 1.29 is 0 Å². The Morgan fingerprint density at radius 2 is 0.970 bits per heavy atom. The van der Waals surface area contributed by atoms with Gasteiger partial charge in [0.2, 0.25) is 0 Å². The predicted molar refractivity (Wildman–Crippen MR) is 156 cm³/mol. The molecule has 0 radical (unpaired) electrons. The van der Waals surface area contributed by atoms with Crippen LogP contribution in [0.4, 0.5) is 0 Å². The lowest BCUT2D eigenvalue weighted by atomic mass is 9.84. The average molecular weight is 493 g/mol. The maximum absolute atomic E-state index is 2.53. The Bertz CT molecular complexity index is 1240. The molecule has 2 aliphatic carbocycles. The molecule has 3 aromatic carbocycles. The first-order valence-electron chi connectivity index (χ1n) is 11.8. The highest BCUT2D eigenvalue weighted by Crippen LogP contribution is 2.42. The summed E-state index contributed by atoms with van der Waals surface area (Å²) in [6.07, 6.45) is 12.0. The van der Waals surface area contributed by atoms with Crippen molar-refractivity contribution in [1.29, 1.82) is 0 Å². The van der Waals surface area contributed by atoms with Crippen molar-refractivity contribution in [2.24, 2.45) is 0 Å². The summed E-state index contributed by atoms with van der Waals surface area (Å²) in [5.74, 6) is 0. The predicted octanol–water partition coefficient (Wildman–Crippen LogP) is 7.92. The zero-order chi connectivity index (χ0) is 23.6. The van der Waals surface area contributed by atoms with Crippen LogP contribution in [0, 0.1) is 27.7 Å². The van der Waals surface area contributed by atoms with Crippen molar-refractivity contribution in [3.05, 3.63) is 80.9 Å². The van der Waals surface area contributed by atoms with Crippen LogP contribution in [0.2, 0.25) is 0 Å². The largest absolute Gasteiger partial charge is 0.146 e. The molecule has 2 atom stereocenters. The molecule has 1 heterocycles. The molecule has 0 amide bonds. The fourth-order valence-electron chi connectivity index (χ4n) is 5.78. The van der Waals surface area contributed by atoms with Gasteiger partial charge in [-0.25, -0.2) is 0 Å². The first kappa shape index (κ1) is 23.3. The minimum atomic E-state index is 0.298. The molecule has 2 aliphatic rings. The molecule has 172 valence electrons. The van der Waals surface area contributed by atoms with Gasteiger partial charge < -0.3 is 0 Å². The van der Waals surface area contributed by atoms with Gasteiger partial charge in [-0.2, -0.15) is 0 Å². The molecular weight excluding hydrogens is 457 g/mol. The van der Waals surface area contributed by atoms with Gasteiger partial charge in [-0.1, -0.05) is 12.1 Å². The molecule has 3 heteroatoms. The molecule has 0 saturated heterocycles. The van der Waals surface area contributed by atoms with Crippen LogP contribution in [0.25, 0.3) is 20.2 Å². The van der Waals surface area contributed by atoms with Crippen LogP contribution in [-0.4, -0.2) is 25.0 Å². The Hall–Kier alpha value is -1.42. The topological polar surface area (TPSA) is 0 Å². The lowest BCUT2D eigenvalue weighted by Crippen LogP contribution is -2.18. The standard InChI is InChI=1S/C30H36S3/c1-17-18(2)24-16-30(33(7)8)22-10-12-28-26(14-22)25-13-21(9-11-27(25)31-28)29(32(5)6)15-23(17)19(3)20(24)4/h9-14,29-30H,15-16H2,1-8H3/q+2. The molecule has 0 spiro atoms. The third-order valence-corrected chi connectivity index (χ3v) is 12.4. The molecule has 33 heavy (non-hydrogen) atoms. The van der Waals surface area contributed by atoms with E-state index in [1.807, 2.05) is 11.3 Å². The SMILES string of the molecule is Cc1c(C)c2c(C)c(C)c1CC([S+](C)C)c1ccc3sc4ccc(cc4c3c1)C([S+](C)C)C2. The van der Waals surface area contributed by atoms with Crippen molar-refractivity contribution in [2.45, 2.75) is 51.0 Å². The summed E-state index contributed by atoms with van der Waals surface area (Å²) >= 11 is 1.95. The Kier molecular flexibility index (Phi) is 6.12. The number of benzene rings is 3. The van der Waals surface area contributed by atoms with E-state index < -0.39 is 0 Å². The highest BCUT2D eigenvalue weighted by Gasteiger charge is 2.31. The summed E-state index contributed by atoms with van der Waals surface area (Å²) in [6.45, 7) is 9.52. The number of hydrogen-bond acceptors (Lipinski definition) is 1. The fraction of sp³-hybridized carbons (Fsp3) is 0.400. The fourth-order valence-corrected chi connectivity index (χ4v) is 9.23. The summed E-state index contributed by atoms with van der Waals surface area (Å²) in [4.78, 5) is 0. The first-order valence-corrected chi connectivity index (χ1v) is 16.9. The van der Waals surface area contributed by atoms with E-state index in [9.17, 15) is 0 Å². The van der Waals surface area contributed by atoms with Crippen LogP contribution < -0.4 is 0 Å². The Morgan fingerprint density at radius 1 is 0.606 bits per heavy atom. The van der Waals surface area contributed by atoms with Gasteiger partial charge in [0.15, 0.2) is 0 Å². The summed E-state index contributed by atoms with van der Waals surface area (Å²) in [6, 6.07) is 14.7. The number of thiophene rings is 1. The minimum Gasteiger partial charge on any atom is -0.135 e. The monoisotopic (exact) mass is 492 g/mol. The Morgan fingerprint density at radius 3 is 1.30 bits per heavy atom. The molecule has 6 bridgehead atoms. The molecule has 2 unspecified atom stereocenters. The van der Waals surface area contributed by atoms with E-state index in [4.69, 9.17) is 0 Å². The van der Waals surface area contributed by atoms with E-state index in [0.29, 0.717) is 32.3 Å². The van der Waals surface area contributed by atoms with Crippen molar-refractivity contribution in [3.63, 3.8) is 0 Å². The molecule has 0 saturated carbocycles. The van der Waals surface area contributed by atoms with Gasteiger partial charge in [0.25, 0.3) is 0 Å². The van der Waals surface area contributed by atoms with Gasteiger partial charge in [0.1, 0.15) is 10.5 Å². The smallest absolute Gasteiger partial charge is 0.135 e. The number of fused-ring (bicyclic) bond motifs is 4. The first-order chi connectivity index (χ1) is 15.7. The van der Waals surface area contributed by atoms with Crippen LogP contribution in [0.3, 0.4) is 0 Å². The second-order valence-corrected chi connectivity index (χ2v) is 16.0. The summed E-state index contributed by atoms with van der Waals surface area (Å²) in [5, 5.41) is 4.04. The lowest BCUT2D eigenvalue weighted by Gasteiger charge is -2.25. The van der Waals surface area contributed by atoms with E-state index in [2.05, 4.69) is 89.1 Å². The molecule has 4 aromatic rings. The third kappa shape index (κ3) is 3.85. The molecule has 0 nitrogen and oxygen atoms in total. The van der Waals surface area contributed by atoms with E-state index in [1.165, 1.54) is 53.6 Å². The highest BCUT2D eigenvalue weighted by molar-refractivity contribution is 7.96. The highest BCUT2D eigenvalue weighted by atomic mass is 32.2. The van der Waals surface area contributed by atoms with Gasteiger partial charge in [-0.05, 0) is 107 Å². The molecule has 6 rings (SSSR count). The normalized spacial score (nSPS) is 18.6. The lowest BCUT2D eigenvalue weighted by molar-refractivity contribution is 0.870. The van der Waals surface area contributed by atoms with E-state index in [0.717, 1.165) is 12.8 Å². The zero-order valence-corrected chi connectivity index (χ0v) is 23.7. The van der Waals surface area contributed by atoms with Gasteiger partial charge in [0.05, 0.1) is 25.0 Å². The maximum atomic E-state index is 2.53. The van der Waals surface area contributed by atoms with Crippen molar-refractivity contribution in [1.82, 2.24) is 0 Å². The van der Waals surface area contributed by atoms with Crippen molar-refractivity contribution in [3.8, 4) is 0 Å². The second-order valence-electron chi connectivity index (χ2n) is 10.2. The van der Waals surface area contributed by atoms with E-state index >= 15 is 0 Å². The van der Waals surface area contributed by atoms with Crippen LogP contribution in [0.1, 0.15) is 55.0 Å². The van der Waals surface area contributed by atoms with Gasteiger partial charge in [-0.15, -0.1) is 11.3 Å². The van der Waals surface area contributed by atoms with Crippen LogP contribution in [0.5, 0.6) is 0 Å². The third-order valence-electron chi connectivity index (χ3n) is 8.11. The van der Waals surface area contributed by atoms with E-state index in [-0.39, 0.29) is 0 Å². The van der Waals surface area contributed by atoms with E-state index in [1.54, 1.807) is 11.1 Å². The minimum absolute atomic E-state index is 0.298. The summed E-state index contributed by atoms with van der Waals surface area (Å²) in [7, 11) is 0.596. The van der Waals surface area contributed by atoms with Gasteiger partial charge in [-0.3, -0.25) is 0 Å². The van der Waals surface area contributed by atoms with Crippen LogP contribution in [0.15, 0.2) is 36.4 Å². The van der Waals surface area contributed by atoms with Crippen molar-refractivity contribution in [2.75, 3.05) is 25.0 Å². The molecule has 0 N–H and O–H groups in total. The Labute approximate surface area is 209 Å². The summed E-state index contributed by atoms with van der Waals surface area (Å²) < 4.78 is 2.85. The van der Waals surface area contributed by atoms with Crippen LogP contribution >= 0.6 is 11.3 Å². The quantitative estimate of drug-likeness (QED) is 0.249. The zero-order valence-electron chi connectivity index (χ0n) is 21.3. The van der Waals surface area contributed by atoms with Crippen LogP contribution in [-0.2, 0) is 34.6 Å².